The van der Waals surface area contributed by atoms with Crippen LogP contribution < -0.4 is 5.32 Å². The Kier molecular flexibility index (Phi) is 5.40. The van der Waals surface area contributed by atoms with Gasteiger partial charge in [-0.2, -0.15) is 0 Å². The Hall–Kier alpha value is -1.35. The van der Waals surface area contributed by atoms with Crippen LogP contribution in [0.2, 0.25) is 0 Å². The van der Waals surface area contributed by atoms with E-state index in [4.69, 9.17) is 0 Å². The molecule has 1 aromatic carbocycles. The highest BCUT2D eigenvalue weighted by molar-refractivity contribution is 5.79. The molecule has 2 rings (SSSR count). The van der Waals surface area contributed by atoms with Crippen LogP contribution in [0.25, 0.3) is 0 Å². The number of carbonyl (C=O) groups excluding carboxylic acids is 1. The van der Waals surface area contributed by atoms with Crippen molar-refractivity contribution < 1.29 is 4.79 Å². The van der Waals surface area contributed by atoms with Gasteiger partial charge in [0.15, 0.2) is 0 Å². The number of hydrogen-bond donors (Lipinski definition) is 1. The highest BCUT2D eigenvalue weighted by Gasteiger charge is 2.26. The first-order chi connectivity index (χ1) is 10.0. The molecule has 1 aliphatic heterocycles. The minimum absolute atomic E-state index is 0.130. The smallest absolute Gasteiger partial charge is 0.224 e. The maximum atomic E-state index is 12.5. The van der Waals surface area contributed by atoms with Crippen LogP contribution in [-0.2, 0) is 4.79 Å². The molecule has 2 atom stereocenters. The lowest BCUT2D eigenvalue weighted by molar-refractivity contribution is -0.127. The van der Waals surface area contributed by atoms with Gasteiger partial charge in [0.25, 0.3) is 0 Å². The van der Waals surface area contributed by atoms with Crippen LogP contribution in [0.4, 0.5) is 0 Å². The Bertz CT molecular complexity index is 498. The molecule has 3 heteroatoms. The first-order valence-corrected chi connectivity index (χ1v) is 8.07. The predicted octanol–water partition coefficient (Wildman–Crippen LogP) is 3.21. The molecule has 0 radical (unpaired) electrons. The summed E-state index contributed by atoms with van der Waals surface area (Å²) in [6.07, 6.45) is 3.06. The van der Waals surface area contributed by atoms with Crippen molar-refractivity contribution in [2.45, 2.75) is 46.1 Å². The minimum Gasteiger partial charge on any atom is -0.349 e. The third-order valence-corrected chi connectivity index (χ3v) is 4.52. The molecule has 1 heterocycles. The molecule has 116 valence electrons. The average molecular weight is 288 g/mol. The Morgan fingerprint density at radius 3 is 2.81 bits per heavy atom. The number of likely N-dealkylation sites (tertiary alicyclic amines) is 1. The number of amides is 1. The fourth-order valence-electron chi connectivity index (χ4n) is 3.29. The van der Waals surface area contributed by atoms with Crippen LogP contribution in [-0.4, -0.2) is 30.9 Å². The summed E-state index contributed by atoms with van der Waals surface area (Å²) < 4.78 is 0. The first-order valence-electron chi connectivity index (χ1n) is 8.07. The zero-order valence-electron chi connectivity index (χ0n) is 13.8. The Morgan fingerprint density at radius 1 is 1.43 bits per heavy atom. The predicted molar refractivity (Wildman–Crippen MR) is 87.3 cm³/mol. The average Bonchev–Trinajstić information content (AvgIpc) is 2.45. The number of benzene rings is 1. The van der Waals surface area contributed by atoms with Crippen molar-refractivity contribution in [3.05, 3.63) is 34.9 Å². The van der Waals surface area contributed by atoms with Gasteiger partial charge in [0.05, 0.1) is 12.0 Å². The van der Waals surface area contributed by atoms with Crippen molar-refractivity contribution in [3.63, 3.8) is 0 Å². The van der Waals surface area contributed by atoms with Crippen LogP contribution >= 0.6 is 0 Å². The van der Waals surface area contributed by atoms with Crippen LogP contribution in [0.1, 0.15) is 48.9 Å². The highest BCUT2D eigenvalue weighted by atomic mass is 16.2. The molecule has 3 nitrogen and oxygen atoms in total. The van der Waals surface area contributed by atoms with Crippen LogP contribution in [0.5, 0.6) is 0 Å². The van der Waals surface area contributed by atoms with E-state index in [1.165, 1.54) is 16.7 Å². The molecular weight excluding hydrogens is 260 g/mol. The molecule has 21 heavy (non-hydrogen) atoms. The molecule has 1 amide bonds. The van der Waals surface area contributed by atoms with Gasteiger partial charge < -0.3 is 10.2 Å². The van der Waals surface area contributed by atoms with Gasteiger partial charge in [0.1, 0.15) is 0 Å². The summed E-state index contributed by atoms with van der Waals surface area (Å²) in [7, 11) is 2.10. The molecule has 0 aliphatic carbocycles. The molecule has 1 N–H and O–H groups in total. The summed E-state index contributed by atoms with van der Waals surface area (Å²) >= 11 is 0. The fourth-order valence-corrected chi connectivity index (χ4v) is 3.29. The van der Waals surface area contributed by atoms with Gasteiger partial charge in [-0.05, 0) is 57.8 Å². The lowest BCUT2D eigenvalue weighted by Gasteiger charge is -2.30. The van der Waals surface area contributed by atoms with E-state index in [1.807, 2.05) is 0 Å². The number of hydrogen-bond acceptors (Lipinski definition) is 2. The van der Waals surface area contributed by atoms with Gasteiger partial charge in [0.2, 0.25) is 5.91 Å². The number of piperidine rings is 1. The van der Waals surface area contributed by atoms with Gasteiger partial charge in [-0.1, -0.05) is 30.7 Å². The zero-order valence-corrected chi connectivity index (χ0v) is 13.8. The standard InChI is InChI=1S/C18H28N2O/c1-5-17(16-9-8-13(2)11-14(16)3)19-18(21)15-7-6-10-20(4)12-15/h8-9,11,15,17H,5-7,10,12H2,1-4H3,(H,19,21)/t15-,17-/m1/s1. The van der Waals surface area contributed by atoms with E-state index in [0.29, 0.717) is 0 Å². The fraction of sp³-hybridized carbons (Fsp3) is 0.611. The topological polar surface area (TPSA) is 32.3 Å². The number of nitrogens with one attached hydrogen (secondary N) is 1. The maximum absolute atomic E-state index is 12.5. The normalized spacial score (nSPS) is 21.0. The number of aryl methyl sites for hydroxylation is 2. The Morgan fingerprint density at radius 2 is 2.19 bits per heavy atom. The van der Waals surface area contributed by atoms with Gasteiger partial charge >= 0.3 is 0 Å². The van der Waals surface area contributed by atoms with Gasteiger partial charge in [-0.3, -0.25) is 4.79 Å². The van der Waals surface area contributed by atoms with Gasteiger partial charge in [0, 0.05) is 6.54 Å². The zero-order chi connectivity index (χ0) is 15.4. The molecular formula is C18H28N2O. The summed E-state index contributed by atoms with van der Waals surface area (Å²) in [4.78, 5) is 14.8. The van der Waals surface area contributed by atoms with E-state index in [9.17, 15) is 4.79 Å². The summed E-state index contributed by atoms with van der Waals surface area (Å²) in [6.45, 7) is 8.37. The molecule has 1 fully saturated rings. The molecule has 1 aromatic rings. The summed E-state index contributed by atoms with van der Waals surface area (Å²) in [5.41, 5.74) is 3.79. The molecule has 0 aromatic heterocycles. The molecule has 1 saturated heterocycles. The number of rotatable bonds is 4. The molecule has 0 spiro atoms. The van der Waals surface area contributed by atoms with Crippen LogP contribution in [0.15, 0.2) is 18.2 Å². The van der Waals surface area contributed by atoms with Gasteiger partial charge in [-0.15, -0.1) is 0 Å². The van der Waals surface area contributed by atoms with E-state index in [1.54, 1.807) is 0 Å². The van der Waals surface area contributed by atoms with Gasteiger partial charge in [-0.25, -0.2) is 0 Å². The first kappa shape index (κ1) is 16.0. The van der Waals surface area contributed by atoms with E-state index in [0.717, 1.165) is 32.4 Å². The number of nitrogens with zero attached hydrogens (tertiary/aromatic N) is 1. The Balaban J connectivity index is 2.06. The summed E-state index contributed by atoms with van der Waals surface area (Å²) in [6, 6.07) is 6.61. The third kappa shape index (κ3) is 4.07. The summed E-state index contributed by atoms with van der Waals surface area (Å²) in [5.74, 6) is 0.358. The SMILES string of the molecule is CC[C@@H](NC(=O)[C@@H]1CCCN(C)C1)c1ccc(C)cc1C. The van der Waals surface area contributed by atoms with E-state index < -0.39 is 0 Å². The van der Waals surface area contributed by atoms with Crippen LogP contribution in [0.3, 0.4) is 0 Å². The molecule has 0 saturated carbocycles. The van der Waals surface area contributed by atoms with E-state index in [2.05, 4.69) is 56.2 Å². The van der Waals surface area contributed by atoms with Crippen molar-refractivity contribution in [2.24, 2.45) is 5.92 Å². The maximum Gasteiger partial charge on any atom is 0.224 e. The lowest BCUT2D eigenvalue weighted by atomic mass is 9.94. The molecule has 0 bridgehead atoms. The highest BCUT2D eigenvalue weighted by Crippen LogP contribution is 2.23. The summed E-state index contributed by atoms with van der Waals surface area (Å²) in [5, 5.41) is 3.27. The third-order valence-electron chi connectivity index (χ3n) is 4.52. The van der Waals surface area contributed by atoms with Crippen molar-refractivity contribution in [2.75, 3.05) is 20.1 Å². The van der Waals surface area contributed by atoms with E-state index in [-0.39, 0.29) is 17.9 Å². The van der Waals surface area contributed by atoms with Crippen LogP contribution in [0, 0.1) is 19.8 Å². The monoisotopic (exact) mass is 288 g/mol. The second-order valence-electron chi connectivity index (χ2n) is 6.43. The van der Waals surface area contributed by atoms with Crippen molar-refractivity contribution >= 4 is 5.91 Å². The molecule has 1 aliphatic rings. The van der Waals surface area contributed by atoms with Crippen molar-refractivity contribution in [1.29, 1.82) is 0 Å². The number of carbonyl (C=O) groups is 1. The Labute approximate surface area is 128 Å². The van der Waals surface area contributed by atoms with Crippen molar-refractivity contribution in [3.8, 4) is 0 Å². The minimum atomic E-state index is 0.130. The van der Waals surface area contributed by atoms with E-state index >= 15 is 0 Å². The lowest BCUT2D eigenvalue weighted by Crippen LogP contribution is -2.42. The second kappa shape index (κ2) is 7.08. The quantitative estimate of drug-likeness (QED) is 0.922. The largest absolute Gasteiger partial charge is 0.349 e. The van der Waals surface area contributed by atoms with Crippen molar-refractivity contribution in [1.82, 2.24) is 10.2 Å². The second-order valence-corrected chi connectivity index (χ2v) is 6.43. The molecule has 0 unspecified atom stereocenters.